The van der Waals surface area contributed by atoms with Crippen LogP contribution in [0.1, 0.15) is 26.4 Å². The van der Waals surface area contributed by atoms with E-state index in [0.717, 1.165) is 5.82 Å². The van der Waals surface area contributed by atoms with Crippen LogP contribution in [-0.2, 0) is 4.74 Å². The summed E-state index contributed by atoms with van der Waals surface area (Å²) in [6.07, 6.45) is 0. The molecule has 0 bridgehead atoms. The van der Waals surface area contributed by atoms with Gasteiger partial charge in [-0.3, -0.25) is 4.79 Å². The lowest BCUT2D eigenvalue weighted by Gasteiger charge is -2.35. The Morgan fingerprint density at radius 2 is 1.73 bits per heavy atom. The number of anilines is 1. The number of benzene rings is 1. The molecule has 3 rings (SSSR count). The van der Waals surface area contributed by atoms with Crippen molar-refractivity contribution in [2.24, 2.45) is 0 Å². The maximum atomic E-state index is 13.8. The number of amides is 1. The number of aryl methyl sites for hydroxylation is 1. The first-order valence-corrected chi connectivity index (χ1v) is 8.36. The molecule has 0 saturated carbocycles. The molecule has 0 atom stereocenters. The smallest absolute Gasteiger partial charge is 0.339 e. The largest absolute Gasteiger partial charge is 0.465 e. The monoisotopic (exact) mass is 357 g/mol. The Labute approximate surface area is 151 Å². The zero-order valence-corrected chi connectivity index (χ0v) is 14.7. The molecule has 1 aromatic heterocycles. The lowest BCUT2D eigenvalue weighted by Crippen LogP contribution is -2.49. The van der Waals surface area contributed by atoms with Crippen molar-refractivity contribution in [1.82, 2.24) is 9.88 Å². The van der Waals surface area contributed by atoms with Crippen LogP contribution < -0.4 is 4.90 Å². The summed E-state index contributed by atoms with van der Waals surface area (Å²) in [5, 5.41) is 0. The van der Waals surface area contributed by atoms with E-state index >= 15 is 0 Å². The van der Waals surface area contributed by atoms with Crippen LogP contribution in [0, 0.1) is 12.7 Å². The second-order valence-electron chi connectivity index (χ2n) is 6.05. The van der Waals surface area contributed by atoms with Crippen LogP contribution >= 0.6 is 0 Å². The van der Waals surface area contributed by atoms with Gasteiger partial charge in [0, 0.05) is 26.2 Å². The minimum absolute atomic E-state index is 0.0948. The summed E-state index contributed by atoms with van der Waals surface area (Å²) in [6, 6.07) is 9.48. The number of ether oxygens (including phenoxy) is 1. The second kappa shape index (κ2) is 7.51. The van der Waals surface area contributed by atoms with E-state index in [1.807, 2.05) is 4.90 Å². The van der Waals surface area contributed by atoms with Gasteiger partial charge in [-0.2, -0.15) is 0 Å². The molecule has 7 heteroatoms. The quantitative estimate of drug-likeness (QED) is 0.789. The van der Waals surface area contributed by atoms with Gasteiger partial charge in [0.25, 0.3) is 5.91 Å². The van der Waals surface area contributed by atoms with Gasteiger partial charge in [-0.1, -0.05) is 12.1 Å². The molecule has 26 heavy (non-hydrogen) atoms. The average molecular weight is 357 g/mol. The van der Waals surface area contributed by atoms with Crippen LogP contribution in [0.5, 0.6) is 0 Å². The molecule has 0 aliphatic carbocycles. The van der Waals surface area contributed by atoms with Crippen molar-refractivity contribution in [2.75, 3.05) is 38.2 Å². The highest BCUT2D eigenvalue weighted by Crippen LogP contribution is 2.19. The Morgan fingerprint density at radius 1 is 1.04 bits per heavy atom. The first kappa shape index (κ1) is 17.8. The van der Waals surface area contributed by atoms with Gasteiger partial charge in [0.2, 0.25) is 0 Å². The minimum atomic E-state index is -0.504. The number of piperazine rings is 1. The van der Waals surface area contributed by atoms with Gasteiger partial charge in [0.1, 0.15) is 11.6 Å². The van der Waals surface area contributed by atoms with Crippen LogP contribution in [0.3, 0.4) is 0 Å². The van der Waals surface area contributed by atoms with E-state index in [0.29, 0.717) is 37.4 Å². The second-order valence-corrected chi connectivity index (χ2v) is 6.05. The molecule has 1 fully saturated rings. The molecule has 0 unspecified atom stereocenters. The van der Waals surface area contributed by atoms with Crippen molar-refractivity contribution in [3.05, 3.63) is 59.0 Å². The van der Waals surface area contributed by atoms with Crippen molar-refractivity contribution < 1.29 is 18.7 Å². The van der Waals surface area contributed by atoms with Crippen LogP contribution in [0.2, 0.25) is 0 Å². The molecule has 1 amide bonds. The number of halogens is 1. The Morgan fingerprint density at radius 3 is 2.35 bits per heavy atom. The van der Waals surface area contributed by atoms with Crippen molar-refractivity contribution in [2.45, 2.75) is 6.92 Å². The number of carbonyl (C=O) groups is 2. The molecule has 1 saturated heterocycles. The fourth-order valence-electron chi connectivity index (χ4n) is 2.99. The van der Waals surface area contributed by atoms with Gasteiger partial charge in [-0.25, -0.2) is 14.2 Å². The molecule has 0 N–H and O–H groups in total. The Balaban J connectivity index is 1.67. The van der Waals surface area contributed by atoms with E-state index < -0.39 is 11.8 Å². The van der Waals surface area contributed by atoms with E-state index in [1.54, 1.807) is 36.1 Å². The summed E-state index contributed by atoms with van der Waals surface area (Å²) in [5.74, 6) is -0.474. The Hall–Kier alpha value is -2.96. The summed E-state index contributed by atoms with van der Waals surface area (Å²) in [4.78, 5) is 32.3. The number of hydrogen-bond acceptors (Lipinski definition) is 5. The van der Waals surface area contributed by atoms with Crippen molar-refractivity contribution in [3.63, 3.8) is 0 Å². The standard InChI is InChI=1S/C19H20FN3O3/c1-13-14(19(25)26-2)7-8-17(21-13)22-9-11-23(12-10-22)18(24)15-5-3-4-6-16(15)20/h3-8H,9-12H2,1-2H3. The first-order valence-electron chi connectivity index (χ1n) is 8.36. The highest BCUT2D eigenvalue weighted by molar-refractivity contribution is 5.94. The third-order valence-corrected chi connectivity index (χ3v) is 4.47. The number of esters is 1. The van der Waals surface area contributed by atoms with Gasteiger partial charge in [-0.05, 0) is 31.2 Å². The molecule has 1 aliphatic heterocycles. The normalized spacial score (nSPS) is 14.3. The van der Waals surface area contributed by atoms with E-state index in [9.17, 15) is 14.0 Å². The van der Waals surface area contributed by atoms with Gasteiger partial charge >= 0.3 is 5.97 Å². The topological polar surface area (TPSA) is 62.7 Å². The van der Waals surface area contributed by atoms with Crippen molar-refractivity contribution in [1.29, 1.82) is 0 Å². The Bertz CT molecular complexity index is 833. The predicted molar refractivity (Wildman–Crippen MR) is 94.8 cm³/mol. The number of carbonyl (C=O) groups excluding carboxylic acids is 2. The predicted octanol–water partition coefficient (Wildman–Crippen LogP) is 2.28. The van der Waals surface area contributed by atoms with Crippen LogP contribution in [0.4, 0.5) is 10.2 Å². The molecular formula is C19H20FN3O3. The number of aromatic nitrogens is 1. The highest BCUT2D eigenvalue weighted by atomic mass is 19.1. The number of methoxy groups -OCH3 is 1. The van der Waals surface area contributed by atoms with Crippen molar-refractivity contribution >= 4 is 17.7 Å². The zero-order chi connectivity index (χ0) is 18.7. The van der Waals surface area contributed by atoms with Gasteiger partial charge in [0.15, 0.2) is 0 Å². The SMILES string of the molecule is COC(=O)c1ccc(N2CCN(C(=O)c3ccccc3F)CC2)nc1C. The number of hydrogen-bond donors (Lipinski definition) is 0. The molecule has 136 valence electrons. The molecule has 1 aliphatic rings. The average Bonchev–Trinajstić information content (AvgIpc) is 2.67. The number of pyridine rings is 1. The van der Waals surface area contributed by atoms with E-state index in [1.165, 1.54) is 19.2 Å². The fraction of sp³-hybridized carbons (Fsp3) is 0.316. The molecular weight excluding hydrogens is 337 g/mol. The van der Waals surface area contributed by atoms with Gasteiger partial charge in [-0.15, -0.1) is 0 Å². The van der Waals surface area contributed by atoms with Crippen LogP contribution in [-0.4, -0.2) is 55.0 Å². The zero-order valence-electron chi connectivity index (χ0n) is 14.7. The maximum absolute atomic E-state index is 13.8. The van der Waals surface area contributed by atoms with Gasteiger partial charge in [0.05, 0.1) is 23.9 Å². The Kier molecular flexibility index (Phi) is 5.16. The molecule has 6 nitrogen and oxygen atoms in total. The number of rotatable bonds is 3. The summed E-state index contributed by atoms with van der Waals surface area (Å²) < 4.78 is 18.5. The number of nitrogens with zero attached hydrogens (tertiary/aromatic N) is 3. The highest BCUT2D eigenvalue weighted by Gasteiger charge is 2.25. The molecule has 2 heterocycles. The minimum Gasteiger partial charge on any atom is -0.465 e. The van der Waals surface area contributed by atoms with E-state index in [-0.39, 0.29) is 11.5 Å². The van der Waals surface area contributed by atoms with E-state index in [2.05, 4.69) is 4.98 Å². The lowest BCUT2D eigenvalue weighted by atomic mass is 10.1. The first-order chi connectivity index (χ1) is 12.5. The van der Waals surface area contributed by atoms with E-state index in [4.69, 9.17) is 4.74 Å². The fourth-order valence-corrected chi connectivity index (χ4v) is 2.99. The van der Waals surface area contributed by atoms with Crippen molar-refractivity contribution in [3.8, 4) is 0 Å². The summed E-state index contributed by atoms with van der Waals surface area (Å²) in [5.41, 5.74) is 1.13. The summed E-state index contributed by atoms with van der Waals surface area (Å²) in [7, 11) is 1.33. The van der Waals surface area contributed by atoms with Crippen LogP contribution in [0.15, 0.2) is 36.4 Å². The third-order valence-electron chi connectivity index (χ3n) is 4.47. The molecule has 2 aromatic rings. The summed E-state index contributed by atoms with van der Waals surface area (Å²) >= 11 is 0. The lowest BCUT2D eigenvalue weighted by molar-refractivity contribution is 0.0598. The summed E-state index contributed by atoms with van der Waals surface area (Å²) in [6.45, 7) is 3.89. The van der Waals surface area contributed by atoms with Gasteiger partial charge < -0.3 is 14.5 Å². The maximum Gasteiger partial charge on any atom is 0.339 e. The molecule has 0 radical (unpaired) electrons. The molecule has 1 aromatic carbocycles. The third kappa shape index (κ3) is 3.51. The van der Waals surface area contributed by atoms with Crippen LogP contribution in [0.25, 0.3) is 0 Å². The molecule has 0 spiro atoms.